The van der Waals surface area contributed by atoms with Crippen molar-refractivity contribution < 1.29 is 27.4 Å². The predicted octanol–water partition coefficient (Wildman–Crippen LogP) is 3.03. The Morgan fingerprint density at radius 1 is 1.00 bits per heavy atom. The number of halogens is 4. The fraction of sp³-hybridized carbons (Fsp3) is 0.625. The van der Waals surface area contributed by atoms with Crippen molar-refractivity contribution in [2.24, 2.45) is 0 Å². The third-order valence-electron chi connectivity index (χ3n) is 4.11. The van der Waals surface area contributed by atoms with E-state index in [9.17, 15) is 13.2 Å². The van der Waals surface area contributed by atoms with Gasteiger partial charge in [-0.2, -0.15) is 13.2 Å². The van der Waals surface area contributed by atoms with Crippen LogP contribution in [-0.2, 0) is 0 Å². The molecule has 25 heavy (non-hydrogen) atoms. The summed E-state index contributed by atoms with van der Waals surface area (Å²) in [6, 6.07) is 2.32. The summed E-state index contributed by atoms with van der Waals surface area (Å²) in [6.07, 6.45) is -5.23. The van der Waals surface area contributed by atoms with E-state index in [2.05, 4.69) is 5.32 Å². The Morgan fingerprint density at radius 2 is 1.52 bits per heavy atom. The van der Waals surface area contributed by atoms with Crippen LogP contribution in [0.15, 0.2) is 12.1 Å². The molecule has 2 rings (SSSR count). The van der Waals surface area contributed by atoms with Gasteiger partial charge in [-0.3, -0.25) is 4.90 Å². The van der Waals surface area contributed by atoms with Gasteiger partial charge in [0.15, 0.2) is 11.5 Å². The highest BCUT2D eigenvalue weighted by atomic mass is 35.5. The fourth-order valence-corrected chi connectivity index (χ4v) is 2.96. The van der Waals surface area contributed by atoms with Crippen molar-refractivity contribution in [2.45, 2.75) is 18.6 Å². The zero-order valence-corrected chi connectivity index (χ0v) is 15.3. The van der Waals surface area contributed by atoms with Gasteiger partial charge in [0.05, 0.1) is 27.8 Å². The maximum Gasteiger partial charge on any atom is 0.390 e. The van der Waals surface area contributed by atoms with Gasteiger partial charge in [0.1, 0.15) is 5.75 Å². The topological polar surface area (TPSA) is 43.0 Å². The van der Waals surface area contributed by atoms with Crippen LogP contribution in [0.5, 0.6) is 17.2 Å². The maximum atomic E-state index is 13.2. The summed E-state index contributed by atoms with van der Waals surface area (Å²) in [4.78, 5) is 1.83. The summed E-state index contributed by atoms with van der Waals surface area (Å²) in [5.41, 5.74) is 0.453. The number of alkyl halides is 3. The van der Waals surface area contributed by atoms with E-state index in [1.807, 2.05) is 4.90 Å². The molecule has 5 nitrogen and oxygen atoms in total. The molecule has 1 fully saturated rings. The molecule has 1 saturated heterocycles. The molecule has 1 N–H and O–H groups in total. The minimum Gasteiger partial charge on any atom is -0.496 e. The minimum atomic E-state index is -4.28. The van der Waals surface area contributed by atoms with Gasteiger partial charge >= 0.3 is 6.18 Å². The molecule has 0 aliphatic carbocycles. The highest BCUT2D eigenvalue weighted by Gasteiger charge is 2.37. The third kappa shape index (κ3) is 5.55. The van der Waals surface area contributed by atoms with Crippen molar-refractivity contribution in [3.63, 3.8) is 0 Å². The van der Waals surface area contributed by atoms with Gasteiger partial charge in [-0.15, -0.1) is 12.4 Å². The number of methoxy groups -OCH3 is 3. The lowest BCUT2D eigenvalue weighted by atomic mass is 9.99. The molecular formula is C16H24ClF3N2O3. The highest BCUT2D eigenvalue weighted by molar-refractivity contribution is 5.85. The molecular weight excluding hydrogens is 361 g/mol. The molecule has 0 spiro atoms. The predicted molar refractivity (Wildman–Crippen MR) is 91.2 cm³/mol. The number of piperazine rings is 1. The summed E-state index contributed by atoms with van der Waals surface area (Å²) >= 11 is 0. The van der Waals surface area contributed by atoms with Gasteiger partial charge in [-0.1, -0.05) is 0 Å². The first-order valence-electron chi connectivity index (χ1n) is 7.71. The normalized spacial score (nSPS) is 16.7. The first-order valence-corrected chi connectivity index (χ1v) is 7.71. The first-order chi connectivity index (χ1) is 11.4. The Kier molecular flexibility index (Phi) is 8.11. The van der Waals surface area contributed by atoms with Crippen molar-refractivity contribution in [1.29, 1.82) is 0 Å². The fourth-order valence-electron chi connectivity index (χ4n) is 2.96. The lowest BCUT2D eigenvalue weighted by molar-refractivity contribution is -0.148. The molecule has 0 radical (unpaired) electrons. The van der Waals surface area contributed by atoms with E-state index in [-0.39, 0.29) is 12.4 Å². The number of rotatable bonds is 6. The Balaban J connectivity index is 0.00000312. The number of nitrogens with one attached hydrogen (secondary N) is 1. The van der Waals surface area contributed by atoms with Crippen molar-refractivity contribution >= 4 is 12.4 Å². The van der Waals surface area contributed by atoms with Crippen LogP contribution in [0.25, 0.3) is 0 Å². The molecule has 1 heterocycles. The zero-order chi connectivity index (χ0) is 17.7. The molecule has 1 aromatic carbocycles. The van der Waals surface area contributed by atoms with Crippen LogP contribution in [0.4, 0.5) is 13.2 Å². The molecule has 1 aliphatic heterocycles. The van der Waals surface area contributed by atoms with E-state index in [1.54, 1.807) is 12.1 Å². The van der Waals surface area contributed by atoms with Crippen molar-refractivity contribution in [3.05, 3.63) is 17.7 Å². The molecule has 0 amide bonds. The van der Waals surface area contributed by atoms with E-state index in [1.165, 1.54) is 21.3 Å². The van der Waals surface area contributed by atoms with Crippen LogP contribution in [0.3, 0.4) is 0 Å². The lowest BCUT2D eigenvalue weighted by Gasteiger charge is -2.36. The highest BCUT2D eigenvalue weighted by Crippen LogP contribution is 2.43. The molecule has 0 aromatic heterocycles. The van der Waals surface area contributed by atoms with Crippen LogP contribution < -0.4 is 19.5 Å². The van der Waals surface area contributed by atoms with Gasteiger partial charge in [-0.05, 0) is 6.07 Å². The summed E-state index contributed by atoms with van der Waals surface area (Å²) in [7, 11) is 4.37. The van der Waals surface area contributed by atoms with Crippen molar-refractivity contribution in [1.82, 2.24) is 10.2 Å². The molecule has 0 unspecified atom stereocenters. The summed E-state index contributed by atoms with van der Waals surface area (Å²) < 4.78 is 55.3. The Bertz CT molecular complexity index is 552. The van der Waals surface area contributed by atoms with E-state index in [0.717, 1.165) is 0 Å². The van der Waals surface area contributed by atoms with E-state index in [4.69, 9.17) is 14.2 Å². The molecule has 1 atom stereocenters. The van der Waals surface area contributed by atoms with E-state index >= 15 is 0 Å². The molecule has 0 saturated carbocycles. The molecule has 144 valence electrons. The first kappa shape index (κ1) is 21.7. The summed E-state index contributed by atoms with van der Waals surface area (Å²) in [6.45, 7) is 2.39. The van der Waals surface area contributed by atoms with Crippen LogP contribution in [0.2, 0.25) is 0 Å². The number of ether oxygens (including phenoxy) is 3. The lowest BCUT2D eigenvalue weighted by Crippen LogP contribution is -2.46. The van der Waals surface area contributed by atoms with Crippen LogP contribution >= 0.6 is 12.4 Å². The van der Waals surface area contributed by atoms with Gasteiger partial charge in [0.25, 0.3) is 0 Å². The second-order valence-electron chi connectivity index (χ2n) is 5.57. The average molecular weight is 385 g/mol. The second-order valence-corrected chi connectivity index (χ2v) is 5.57. The SMILES string of the molecule is COc1cc(OC)c([C@H](CC(F)(F)F)N2CCNCC2)cc1OC.Cl. The van der Waals surface area contributed by atoms with Crippen LogP contribution in [-0.4, -0.2) is 58.6 Å². The van der Waals surface area contributed by atoms with Gasteiger partial charge in [-0.25, -0.2) is 0 Å². The van der Waals surface area contributed by atoms with Crippen LogP contribution in [0, 0.1) is 0 Å². The Labute approximate surface area is 151 Å². The van der Waals surface area contributed by atoms with Gasteiger partial charge in [0, 0.05) is 43.9 Å². The smallest absolute Gasteiger partial charge is 0.390 e. The Hall–Kier alpha value is -1.38. The van der Waals surface area contributed by atoms with Gasteiger partial charge in [0.2, 0.25) is 0 Å². The largest absolute Gasteiger partial charge is 0.496 e. The van der Waals surface area contributed by atoms with E-state index in [0.29, 0.717) is 49.0 Å². The van der Waals surface area contributed by atoms with E-state index < -0.39 is 18.6 Å². The number of nitrogens with zero attached hydrogens (tertiary/aromatic N) is 1. The third-order valence-corrected chi connectivity index (χ3v) is 4.11. The molecule has 0 bridgehead atoms. The molecule has 9 heteroatoms. The zero-order valence-electron chi connectivity index (χ0n) is 14.5. The monoisotopic (exact) mass is 384 g/mol. The average Bonchev–Trinajstić information content (AvgIpc) is 2.58. The summed E-state index contributed by atoms with van der Waals surface area (Å²) in [5.74, 6) is 1.17. The van der Waals surface area contributed by atoms with Crippen molar-refractivity contribution in [2.75, 3.05) is 47.5 Å². The van der Waals surface area contributed by atoms with Crippen molar-refractivity contribution in [3.8, 4) is 17.2 Å². The van der Waals surface area contributed by atoms with Gasteiger partial charge < -0.3 is 19.5 Å². The quantitative estimate of drug-likeness (QED) is 0.816. The minimum absolute atomic E-state index is 0. The number of hydrogen-bond acceptors (Lipinski definition) is 5. The number of hydrogen-bond donors (Lipinski definition) is 1. The maximum absolute atomic E-state index is 13.2. The molecule has 1 aromatic rings. The standard InChI is InChI=1S/C16H23F3N2O3.ClH/c1-22-13-9-15(24-3)14(23-2)8-11(13)12(10-16(17,18)19)21-6-4-20-5-7-21;/h8-9,12,20H,4-7,10H2,1-3H3;1H/t12-;/m0./s1. The Morgan fingerprint density at radius 3 is 2.00 bits per heavy atom. The van der Waals surface area contributed by atoms with Crippen LogP contribution in [0.1, 0.15) is 18.0 Å². The molecule has 1 aliphatic rings. The second kappa shape index (κ2) is 9.35. The number of benzene rings is 1. The summed E-state index contributed by atoms with van der Waals surface area (Å²) in [5, 5.41) is 3.15.